The van der Waals surface area contributed by atoms with Gasteiger partial charge < -0.3 is 4.74 Å². The summed E-state index contributed by atoms with van der Waals surface area (Å²) in [5.41, 5.74) is 0. The molecule has 77 valence electrons. The molecule has 4 nitrogen and oxygen atoms in total. The van der Waals surface area contributed by atoms with Crippen molar-refractivity contribution in [2.24, 2.45) is 0 Å². The fourth-order valence-corrected chi connectivity index (χ4v) is 2.34. The first-order chi connectivity index (χ1) is 6.70. The predicted octanol–water partition coefficient (Wildman–Crippen LogP) is 0.791. The number of nitrogens with zero attached hydrogens (tertiary/aromatic N) is 2. The third kappa shape index (κ3) is 1.88. The summed E-state index contributed by atoms with van der Waals surface area (Å²) >= 11 is 6.54. The number of hydrogen-bond acceptors (Lipinski definition) is 3. The molecule has 0 amide bonds. The van der Waals surface area contributed by atoms with Crippen molar-refractivity contribution in [1.82, 2.24) is 10.2 Å². The van der Waals surface area contributed by atoms with Gasteiger partial charge in [0.15, 0.2) is 6.23 Å². The second-order valence-corrected chi connectivity index (χ2v) is 4.77. The molecule has 0 saturated carbocycles. The first-order valence-corrected chi connectivity index (χ1v) is 5.92. The minimum Gasteiger partial charge on any atom is -0.437 e. The van der Waals surface area contributed by atoms with Crippen molar-refractivity contribution in [3.8, 4) is 0 Å². The SMILES string of the molecule is O=C1OC(N2CC[N]CC2)C(Br)=C1Br. The van der Waals surface area contributed by atoms with E-state index in [9.17, 15) is 4.79 Å². The second-order valence-electron chi connectivity index (χ2n) is 3.13. The molecule has 0 aromatic rings. The Bertz CT molecular complexity index is 287. The first-order valence-electron chi connectivity index (χ1n) is 4.33. The van der Waals surface area contributed by atoms with E-state index in [0.717, 1.165) is 30.7 Å². The molecule has 0 aliphatic carbocycles. The Labute approximate surface area is 98.9 Å². The zero-order valence-corrected chi connectivity index (χ0v) is 10.5. The smallest absolute Gasteiger partial charge is 0.348 e. The minimum atomic E-state index is -0.301. The number of esters is 1. The zero-order chi connectivity index (χ0) is 10.1. The summed E-state index contributed by atoms with van der Waals surface area (Å²) in [4.78, 5) is 13.3. The fraction of sp³-hybridized carbons (Fsp3) is 0.625. The number of cyclic esters (lactones) is 1. The molecular weight excluding hydrogens is 316 g/mol. The normalized spacial score (nSPS) is 29.6. The molecule has 2 aliphatic rings. The summed E-state index contributed by atoms with van der Waals surface area (Å²) in [6, 6.07) is 0. The lowest BCUT2D eigenvalue weighted by Crippen LogP contribution is -2.46. The lowest BCUT2D eigenvalue weighted by Gasteiger charge is -2.30. The molecule has 2 rings (SSSR count). The maximum absolute atomic E-state index is 11.2. The molecule has 6 heteroatoms. The summed E-state index contributed by atoms with van der Waals surface area (Å²) in [6.45, 7) is 3.30. The van der Waals surface area contributed by atoms with E-state index in [1.54, 1.807) is 0 Å². The molecular formula is C8H9Br2N2O2. The first kappa shape index (κ1) is 10.6. The van der Waals surface area contributed by atoms with E-state index < -0.39 is 0 Å². The molecule has 2 heterocycles. The average Bonchev–Trinajstić information content (AvgIpc) is 2.47. The summed E-state index contributed by atoms with van der Waals surface area (Å²) in [5, 5.41) is 4.24. The third-order valence-electron chi connectivity index (χ3n) is 2.25. The van der Waals surface area contributed by atoms with E-state index in [1.165, 1.54) is 0 Å². The highest BCUT2D eigenvalue weighted by atomic mass is 79.9. The molecule has 14 heavy (non-hydrogen) atoms. The lowest BCUT2D eigenvalue weighted by atomic mass is 10.3. The van der Waals surface area contributed by atoms with E-state index >= 15 is 0 Å². The van der Waals surface area contributed by atoms with Gasteiger partial charge in [-0.05, 0) is 31.9 Å². The van der Waals surface area contributed by atoms with Crippen LogP contribution in [0.3, 0.4) is 0 Å². The van der Waals surface area contributed by atoms with Gasteiger partial charge in [-0.15, -0.1) is 0 Å². The lowest BCUT2D eigenvalue weighted by molar-refractivity contribution is -0.146. The van der Waals surface area contributed by atoms with Gasteiger partial charge in [0.2, 0.25) is 0 Å². The van der Waals surface area contributed by atoms with Gasteiger partial charge in [0.05, 0.1) is 4.48 Å². The molecule has 1 fully saturated rings. The van der Waals surface area contributed by atoms with Gasteiger partial charge in [-0.1, -0.05) is 0 Å². The van der Waals surface area contributed by atoms with Crippen LogP contribution in [0.2, 0.25) is 0 Å². The highest BCUT2D eigenvalue weighted by Gasteiger charge is 2.35. The standard InChI is InChI=1S/C8H9Br2N2O2/c9-5-6(10)8(13)14-7(5)12-3-1-11-2-4-12/h7H,1-4H2. The van der Waals surface area contributed by atoms with Crippen LogP contribution in [0.15, 0.2) is 8.96 Å². The van der Waals surface area contributed by atoms with Crippen LogP contribution in [-0.4, -0.2) is 43.3 Å². The van der Waals surface area contributed by atoms with Gasteiger partial charge >= 0.3 is 5.97 Å². The van der Waals surface area contributed by atoms with Gasteiger partial charge in [0.25, 0.3) is 0 Å². The number of hydrogen-bond donors (Lipinski definition) is 0. The molecule has 1 radical (unpaired) electrons. The van der Waals surface area contributed by atoms with Crippen LogP contribution in [0.1, 0.15) is 0 Å². The van der Waals surface area contributed by atoms with E-state index in [1.807, 2.05) is 0 Å². The van der Waals surface area contributed by atoms with Gasteiger partial charge in [-0.2, -0.15) is 0 Å². The molecule has 0 aromatic heterocycles. The highest BCUT2D eigenvalue weighted by molar-refractivity contribution is 9.14. The highest BCUT2D eigenvalue weighted by Crippen LogP contribution is 2.33. The van der Waals surface area contributed by atoms with Crippen molar-refractivity contribution < 1.29 is 9.53 Å². The number of carbonyl (C=O) groups excluding carboxylic acids is 1. The topological polar surface area (TPSA) is 43.6 Å². The predicted molar refractivity (Wildman–Crippen MR) is 58.2 cm³/mol. The number of ether oxygens (including phenoxy) is 1. The van der Waals surface area contributed by atoms with E-state index in [2.05, 4.69) is 42.1 Å². The minimum absolute atomic E-state index is 0.257. The van der Waals surface area contributed by atoms with Gasteiger partial charge in [0, 0.05) is 26.2 Å². The Balaban J connectivity index is 2.09. The Morgan fingerprint density at radius 1 is 1.36 bits per heavy atom. The number of halogens is 2. The van der Waals surface area contributed by atoms with Crippen molar-refractivity contribution in [3.63, 3.8) is 0 Å². The van der Waals surface area contributed by atoms with Crippen LogP contribution in [0, 0.1) is 0 Å². The number of rotatable bonds is 1. The summed E-state index contributed by atoms with van der Waals surface area (Å²) in [7, 11) is 0. The maximum Gasteiger partial charge on any atom is 0.348 e. The van der Waals surface area contributed by atoms with Crippen LogP contribution in [0.5, 0.6) is 0 Å². The van der Waals surface area contributed by atoms with Crippen molar-refractivity contribution in [2.45, 2.75) is 6.23 Å². The summed E-state index contributed by atoms with van der Waals surface area (Å²) in [6.07, 6.45) is -0.257. The van der Waals surface area contributed by atoms with Crippen LogP contribution in [0.4, 0.5) is 0 Å². The molecule has 1 atom stereocenters. The number of carbonyl (C=O) groups is 1. The van der Waals surface area contributed by atoms with Crippen molar-refractivity contribution in [2.75, 3.05) is 26.2 Å². The number of piperazine rings is 1. The summed E-state index contributed by atoms with van der Waals surface area (Å²) < 4.78 is 6.48. The molecule has 0 spiro atoms. The van der Waals surface area contributed by atoms with Crippen molar-refractivity contribution in [1.29, 1.82) is 0 Å². The van der Waals surface area contributed by atoms with Crippen molar-refractivity contribution in [3.05, 3.63) is 8.96 Å². The quantitative estimate of drug-likeness (QED) is 0.670. The van der Waals surface area contributed by atoms with Crippen molar-refractivity contribution >= 4 is 37.8 Å². The van der Waals surface area contributed by atoms with Crippen LogP contribution >= 0.6 is 31.9 Å². The largest absolute Gasteiger partial charge is 0.437 e. The molecule has 1 unspecified atom stereocenters. The Morgan fingerprint density at radius 2 is 2.00 bits per heavy atom. The molecule has 0 bridgehead atoms. The second kappa shape index (κ2) is 4.30. The molecule has 2 aliphatic heterocycles. The summed E-state index contributed by atoms with van der Waals surface area (Å²) in [5.74, 6) is -0.301. The third-order valence-corrected chi connectivity index (χ3v) is 4.32. The zero-order valence-electron chi connectivity index (χ0n) is 7.37. The van der Waals surface area contributed by atoms with Gasteiger partial charge in [-0.3, -0.25) is 4.90 Å². The monoisotopic (exact) mass is 323 g/mol. The van der Waals surface area contributed by atoms with E-state index in [4.69, 9.17) is 4.74 Å². The molecule has 0 N–H and O–H groups in total. The average molecular weight is 325 g/mol. The van der Waals surface area contributed by atoms with E-state index in [0.29, 0.717) is 4.48 Å². The Kier molecular flexibility index (Phi) is 3.26. The van der Waals surface area contributed by atoms with Crippen LogP contribution < -0.4 is 5.32 Å². The van der Waals surface area contributed by atoms with Gasteiger partial charge in [0.1, 0.15) is 4.48 Å². The Morgan fingerprint density at radius 3 is 2.50 bits per heavy atom. The van der Waals surface area contributed by atoms with E-state index in [-0.39, 0.29) is 12.2 Å². The molecule has 1 saturated heterocycles. The van der Waals surface area contributed by atoms with Crippen LogP contribution in [-0.2, 0) is 9.53 Å². The molecule has 0 aromatic carbocycles. The fourth-order valence-electron chi connectivity index (χ4n) is 1.50. The van der Waals surface area contributed by atoms with Crippen LogP contribution in [0.25, 0.3) is 0 Å². The maximum atomic E-state index is 11.2. The Hall–Kier alpha value is 0.0900. The van der Waals surface area contributed by atoms with Gasteiger partial charge in [-0.25, -0.2) is 10.1 Å².